The number of pyridine rings is 1. The highest BCUT2D eigenvalue weighted by Gasteiger charge is 2.49. The molecule has 0 radical (unpaired) electrons. The van der Waals surface area contributed by atoms with Crippen LogP contribution >= 0.6 is 0 Å². The van der Waals surface area contributed by atoms with Gasteiger partial charge in [0.15, 0.2) is 5.82 Å². The second kappa shape index (κ2) is 11.1. The molecule has 7 rings (SSSR count). The Hall–Kier alpha value is -4.19. The van der Waals surface area contributed by atoms with Gasteiger partial charge in [-0.2, -0.15) is 9.97 Å². The summed E-state index contributed by atoms with van der Waals surface area (Å²) in [7, 11) is 0. The predicted octanol–water partition coefficient (Wildman–Crippen LogP) is 4.89. The molecule has 12 heteroatoms. The van der Waals surface area contributed by atoms with Crippen LogP contribution < -0.4 is 15.4 Å². The molecule has 3 aliphatic rings. The molecule has 4 aromatic rings. The highest BCUT2D eigenvalue weighted by atomic mass is 19.1. The second-order valence-corrected chi connectivity index (χ2v) is 12.1. The highest BCUT2D eigenvalue weighted by Crippen LogP contribution is 2.41. The summed E-state index contributed by atoms with van der Waals surface area (Å²) in [4.78, 5) is 27.3. The van der Waals surface area contributed by atoms with Crippen molar-refractivity contribution >= 4 is 33.4 Å². The Kier molecular flexibility index (Phi) is 7.19. The normalized spacial score (nSPS) is 23.4. The Morgan fingerprint density at radius 1 is 1.25 bits per heavy atom. The van der Waals surface area contributed by atoms with Gasteiger partial charge in [-0.15, -0.1) is 0 Å². The van der Waals surface area contributed by atoms with E-state index in [4.69, 9.17) is 4.74 Å². The van der Waals surface area contributed by atoms with Crippen LogP contribution in [0.3, 0.4) is 0 Å². The Labute approximate surface area is 251 Å². The highest BCUT2D eigenvalue weighted by molar-refractivity contribution is 6.01. The van der Waals surface area contributed by atoms with E-state index >= 15 is 4.39 Å². The molecule has 5 heterocycles. The van der Waals surface area contributed by atoms with Gasteiger partial charge in [0.1, 0.15) is 41.4 Å². The van der Waals surface area contributed by atoms with Crippen molar-refractivity contribution in [2.45, 2.75) is 50.7 Å². The van der Waals surface area contributed by atoms with E-state index in [1.165, 1.54) is 24.4 Å². The van der Waals surface area contributed by atoms with Crippen LogP contribution in [0.5, 0.6) is 11.8 Å². The smallest absolute Gasteiger partial charge is 0.319 e. The number of alkyl halides is 1. The SMILES string of the molecule is CCc1c(F)ccc2cc(O)cc(-c3ncc4c(NCC5CNC(=O)C5)nc(OC[C@@]56CCCN5C[C@H](F)C6)nc4c3F)c12. The molecule has 1 amide bonds. The number of phenolic OH excluding ortho intramolecular Hbond substituents is 1. The molecule has 0 saturated carbocycles. The van der Waals surface area contributed by atoms with Crippen LogP contribution in [0.25, 0.3) is 32.9 Å². The number of benzene rings is 2. The predicted molar refractivity (Wildman–Crippen MR) is 159 cm³/mol. The van der Waals surface area contributed by atoms with Gasteiger partial charge in [0.25, 0.3) is 0 Å². The zero-order chi connectivity index (χ0) is 30.6. The van der Waals surface area contributed by atoms with Gasteiger partial charge >= 0.3 is 6.01 Å². The summed E-state index contributed by atoms with van der Waals surface area (Å²) in [5, 5.41) is 17.8. The molecule has 1 unspecified atom stereocenters. The van der Waals surface area contributed by atoms with E-state index in [0.717, 1.165) is 19.4 Å². The Morgan fingerprint density at radius 3 is 2.91 bits per heavy atom. The maximum atomic E-state index is 16.6. The minimum absolute atomic E-state index is 0.0147. The van der Waals surface area contributed by atoms with Gasteiger partial charge in [0, 0.05) is 50.2 Å². The van der Waals surface area contributed by atoms with Crippen LogP contribution in [0.15, 0.2) is 30.5 Å². The summed E-state index contributed by atoms with van der Waals surface area (Å²) in [6, 6.07) is 5.69. The largest absolute Gasteiger partial charge is 0.508 e. The first-order valence-electron chi connectivity index (χ1n) is 15.1. The lowest BCUT2D eigenvalue weighted by Gasteiger charge is -2.30. The number of aromatic hydroxyl groups is 1. The fourth-order valence-electron chi connectivity index (χ4n) is 7.15. The van der Waals surface area contributed by atoms with Crippen LogP contribution in [0.1, 0.15) is 38.2 Å². The summed E-state index contributed by atoms with van der Waals surface area (Å²) in [5.74, 6) is -1.05. The van der Waals surface area contributed by atoms with E-state index in [1.54, 1.807) is 13.0 Å². The number of fused-ring (bicyclic) bond motifs is 3. The van der Waals surface area contributed by atoms with Crippen molar-refractivity contribution in [3.05, 3.63) is 47.7 Å². The van der Waals surface area contributed by atoms with E-state index < -0.39 is 23.3 Å². The number of nitrogens with zero attached hydrogens (tertiary/aromatic N) is 4. The molecule has 0 bridgehead atoms. The zero-order valence-corrected chi connectivity index (χ0v) is 24.3. The number of anilines is 1. The number of hydrogen-bond acceptors (Lipinski definition) is 8. The third kappa shape index (κ3) is 4.94. The summed E-state index contributed by atoms with van der Waals surface area (Å²) >= 11 is 0. The number of rotatable bonds is 8. The van der Waals surface area contributed by atoms with Crippen LogP contribution in [-0.2, 0) is 11.2 Å². The number of phenols is 1. The monoisotopic (exact) mass is 606 g/mol. The molecule has 2 aromatic heterocycles. The number of amides is 1. The number of ether oxygens (including phenoxy) is 1. The molecule has 44 heavy (non-hydrogen) atoms. The number of carbonyl (C=O) groups excluding carboxylic acids is 1. The Morgan fingerprint density at radius 2 is 2.11 bits per heavy atom. The lowest BCUT2D eigenvalue weighted by molar-refractivity contribution is -0.119. The molecule has 0 aliphatic carbocycles. The van der Waals surface area contributed by atoms with E-state index in [0.29, 0.717) is 66.4 Å². The van der Waals surface area contributed by atoms with Crippen LogP contribution in [0, 0.1) is 17.6 Å². The van der Waals surface area contributed by atoms with Crippen molar-refractivity contribution in [1.29, 1.82) is 0 Å². The Balaban J connectivity index is 1.32. The summed E-state index contributed by atoms with van der Waals surface area (Å²) in [6.07, 6.45) is 3.31. The molecule has 3 aliphatic heterocycles. The van der Waals surface area contributed by atoms with E-state index in [2.05, 4.69) is 30.5 Å². The standard InChI is InChI=1S/C32H33F3N6O3/c1-2-21-24(34)5-4-18-9-20(42)10-22(26(18)21)28-27(35)29-23(14-37-28)30(38-13-17-8-25(43)36-12-17)40-31(39-29)44-16-32-6-3-7-41(32)15-19(33)11-32/h4-5,9-10,14,17,19,42H,2-3,6-8,11-13,15-16H2,1H3,(H,36,43)(H,38,39,40)/t17?,19-,32+/m1/s1. The van der Waals surface area contributed by atoms with Crippen LogP contribution in [0.4, 0.5) is 19.0 Å². The van der Waals surface area contributed by atoms with Gasteiger partial charge in [-0.25, -0.2) is 13.2 Å². The molecular weight excluding hydrogens is 573 g/mol. The molecule has 3 saturated heterocycles. The van der Waals surface area contributed by atoms with Gasteiger partial charge in [0.05, 0.1) is 10.9 Å². The molecule has 3 fully saturated rings. The van der Waals surface area contributed by atoms with Crippen LogP contribution in [0.2, 0.25) is 0 Å². The summed E-state index contributed by atoms with van der Waals surface area (Å²) in [5.41, 5.74) is 0.00344. The first-order chi connectivity index (χ1) is 21.2. The molecule has 230 valence electrons. The number of carbonyl (C=O) groups is 1. The first kappa shape index (κ1) is 28.6. The number of aryl methyl sites for hydroxylation is 1. The van der Waals surface area contributed by atoms with Gasteiger partial charge in [-0.3, -0.25) is 14.7 Å². The molecule has 3 atom stereocenters. The second-order valence-electron chi connectivity index (χ2n) is 12.1. The van der Waals surface area contributed by atoms with Gasteiger partial charge < -0.3 is 20.5 Å². The number of hydrogen-bond donors (Lipinski definition) is 3. The average molecular weight is 607 g/mol. The quantitative estimate of drug-likeness (QED) is 0.260. The molecule has 9 nitrogen and oxygen atoms in total. The van der Waals surface area contributed by atoms with E-state index in [1.807, 2.05) is 0 Å². The summed E-state index contributed by atoms with van der Waals surface area (Å²) in [6.45, 7) is 4.04. The van der Waals surface area contributed by atoms with Crippen molar-refractivity contribution in [3.63, 3.8) is 0 Å². The third-order valence-corrected chi connectivity index (χ3v) is 9.28. The first-order valence-corrected chi connectivity index (χ1v) is 15.1. The lowest BCUT2D eigenvalue weighted by atomic mass is 9.94. The lowest BCUT2D eigenvalue weighted by Crippen LogP contribution is -2.43. The van der Waals surface area contributed by atoms with Gasteiger partial charge in [-0.05, 0) is 60.3 Å². The molecular formula is C32H33F3N6O3. The third-order valence-electron chi connectivity index (χ3n) is 9.28. The molecule has 0 spiro atoms. The minimum Gasteiger partial charge on any atom is -0.508 e. The van der Waals surface area contributed by atoms with Crippen molar-refractivity contribution in [2.75, 3.05) is 38.1 Å². The molecule has 2 aromatic carbocycles. The van der Waals surface area contributed by atoms with Crippen molar-refractivity contribution in [3.8, 4) is 23.0 Å². The number of nitrogens with one attached hydrogen (secondary N) is 2. The van der Waals surface area contributed by atoms with Crippen molar-refractivity contribution in [2.24, 2.45) is 5.92 Å². The van der Waals surface area contributed by atoms with Gasteiger partial charge in [-0.1, -0.05) is 13.0 Å². The van der Waals surface area contributed by atoms with E-state index in [-0.39, 0.29) is 47.0 Å². The Bertz CT molecular complexity index is 1790. The fourth-order valence-corrected chi connectivity index (χ4v) is 7.15. The molecule has 3 N–H and O–H groups in total. The van der Waals surface area contributed by atoms with Crippen LogP contribution in [-0.4, -0.2) is 75.4 Å². The number of halogens is 3. The van der Waals surface area contributed by atoms with Crippen molar-refractivity contribution in [1.82, 2.24) is 25.2 Å². The van der Waals surface area contributed by atoms with Crippen molar-refractivity contribution < 1.29 is 27.8 Å². The fraction of sp³-hybridized carbons (Fsp3) is 0.438. The topological polar surface area (TPSA) is 112 Å². The maximum absolute atomic E-state index is 16.6. The van der Waals surface area contributed by atoms with Gasteiger partial charge in [0.2, 0.25) is 5.91 Å². The average Bonchev–Trinajstić information content (AvgIpc) is 3.68. The van der Waals surface area contributed by atoms with E-state index in [9.17, 15) is 18.7 Å². The number of aromatic nitrogens is 3. The maximum Gasteiger partial charge on any atom is 0.319 e. The summed E-state index contributed by atoms with van der Waals surface area (Å²) < 4.78 is 51.9. The zero-order valence-electron chi connectivity index (χ0n) is 24.3. The minimum atomic E-state index is -0.933.